The summed E-state index contributed by atoms with van der Waals surface area (Å²) in [5.41, 5.74) is 0.842. The van der Waals surface area contributed by atoms with Crippen molar-refractivity contribution >= 4 is 11.9 Å². The van der Waals surface area contributed by atoms with Crippen molar-refractivity contribution in [2.24, 2.45) is 0 Å². The number of nitrogens with zero attached hydrogens (tertiary/aromatic N) is 1. The van der Waals surface area contributed by atoms with Crippen LogP contribution in [0.25, 0.3) is 0 Å². The summed E-state index contributed by atoms with van der Waals surface area (Å²) >= 11 is 0. The Balaban J connectivity index is 2.15. The van der Waals surface area contributed by atoms with Crippen molar-refractivity contribution in [1.82, 2.24) is 10.2 Å². The van der Waals surface area contributed by atoms with Gasteiger partial charge < -0.3 is 20.3 Å². The number of aliphatic carboxylic acids is 1. The number of benzene rings is 1. The van der Waals surface area contributed by atoms with Gasteiger partial charge in [0.25, 0.3) is 0 Å². The standard InChI is InChI=1S/C14H18N2O5/c1-21-12-6-9(2-3-11(12)17)8-16-5-4-15-14(20)10(16)7-13(18)19/h2-3,6,10,17H,4-5,7-8H2,1H3,(H,15,20)(H,18,19). The number of carbonyl (C=O) groups excluding carboxylic acids is 1. The molecule has 1 aromatic carbocycles. The summed E-state index contributed by atoms with van der Waals surface area (Å²) in [6, 6.07) is 4.24. The van der Waals surface area contributed by atoms with Crippen LogP contribution in [-0.2, 0) is 16.1 Å². The van der Waals surface area contributed by atoms with E-state index >= 15 is 0 Å². The number of carboxylic acid groups (broad SMARTS) is 1. The molecule has 0 bridgehead atoms. The number of aromatic hydroxyl groups is 1. The van der Waals surface area contributed by atoms with E-state index < -0.39 is 12.0 Å². The summed E-state index contributed by atoms with van der Waals surface area (Å²) in [4.78, 5) is 24.5. The zero-order valence-electron chi connectivity index (χ0n) is 11.7. The van der Waals surface area contributed by atoms with Crippen molar-refractivity contribution in [3.63, 3.8) is 0 Å². The fourth-order valence-corrected chi connectivity index (χ4v) is 2.39. The second-order valence-corrected chi connectivity index (χ2v) is 4.88. The first-order chi connectivity index (χ1) is 10.0. The molecule has 0 aliphatic carbocycles. The number of hydrogen-bond donors (Lipinski definition) is 3. The Morgan fingerprint density at radius 2 is 2.29 bits per heavy atom. The smallest absolute Gasteiger partial charge is 0.305 e. The number of ether oxygens (including phenoxy) is 1. The van der Waals surface area contributed by atoms with Gasteiger partial charge >= 0.3 is 5.97 Å². The van der Waals surface area contributed by atoms with Crippen LogP contribution in [0, 0.1) is 0 Å². The van der Waals surface area contributed by atoms with Gasteiger partial charge in [0, 0.05) is 19.6 Å². The monoisotopic (exact) mass is 294 g/mol. The summed E-state index contributed by atoms with van der Waals surface area (Å²) in [6.45, 7) is 1.49. The molecule has 114 valence electrons. The van der Waals surface area contributed by atoms with E-state index in [9.17, 15) is 14.7 Å². The lowest BCUT2D eigenvalue weighted by molar-refractivity contribution is -0.143. The fraction of sp³-hybridized carbons (Fsp3) is 0.429. The summed E-state index contributed by atoms with van der Waals surface area (Å²) in [5, 5.41) is 21.2. The van der Waals surface area contributed by atoms with Gasteiger partial charge in [-0.2, -0.15) is 0 Å². The SMILES string of the molecule is COc1cc(CN2CCNC(=O)C2CC(=O)O)ccc1O. The van der Waals surface area contributed by atoms with Crippen LogP contribution in [-0.4, -0.2) is 53.2 Å². The molecular weight excluding hydrogens is 276 g/mol. The lowest BCUT2D eigenvalue weighted by Gasteiger charge is -2.34. The van der Waals surface area contributed by atoms with Crippen LogP contribution in [0.4, 0.5) is 0 Å². The molecule has 0 saturated carbocycles. The van der Waals surface area contributed by atoms with Crippen LogP contribution in [0.1, 0.15) is 12.0 Å². The minimum absolute atomic E-state index is 0.0414. The third-order valence-electron chi connectivity index (χ3n) is 3.44. The maximum absolute atomic E-state index is 11.8. The number of rotatable bonds is 5. The van der Waals surface area contributed by atoms with E-state index in [0.29, 0.717) is 25.4 Å². The summed E-state index contributed by atoms with van der Waals surface area (Å²) in [5.74, 6) is -0.886. The average Bonchev–Trinajstić information content (AvgIpc) is 2.44. The number of carbonyl (C=O) groups is 2. The molecule has 0 aromatic heterocycles. The van der Waals surface area contributed by atoms with Crippen molar-refractivity contribution in [1.29, 1.82) is 0 Å². The van der Waals surface area contributed by atoms with Crippen LogP contribution in [0.5, 0.6) is 11.5 Å². The first-order valence-electron chi connectivity index (χ1n) is 6.60. The number of amides is 1. The van der Waals surface area contributed by atoms with Crippen molar-refractivity contribution in [3.8, 4) is 11.5 Å². The predicted octanol–water partition coefficient (Wildman–Crippen LogP) is 0.176. The molecule has 1 fully saturated rings. The van der Waals surface area contributed by atoms with Crippen molar-refractivity contribution in [2.75, 3.05) is 20.2 Å². The Morgan fingerprint density at radius 3 is 2.95 bits per heavy atom. The number of nitrogens with one attached hydrogen (secondary N) is 1. The van der Waals surface area contributed by atoms with Gasteiger partial charge in [0.1, 0.15) is 6.04 Å². The van der Waals surface area contributed by atoms with Gasteiger partial charge in [-0.3, -0.25) is 14.5 Å². The first kappa shape index (κ1) is 15.1. The van der Waals surface area contributed by atoms with Crippen molar-refractivity contribution < 1.29 is 24.5 Å². The minimum Gasteiger partial charge on any atom is -0.504 e. The topological polar surface area (TPSA) is 99.1 Å². The van der Waals surface area contributed by atoms with Gasteiger partial charge in [0.05, 0.1) is 13.5 Å². The molecule has 0 radical (unpaired) electrons. The Hall–Kier alpha value is -2.28. The highest BCUT2D eigenvalue weighted by atomic mass is 16.5. The van der Waals surface area contributed by atoms with E-state index in [0.717, 1.165) is 5.56 Å². The normalized spacial score (nSPS) is 19.1. The summed E-state index contributed by atoms with van der Waals surface area (Å²) in [6.07, 6.45) is -0.235. The lowest BCUT2D eigenvalue weighted by Crippen LogP contribution is -2.55. The van der Waals surface area contributed by atoms with E-state index in [-0.39, 0.29) is 18.1 Å². The number of phenols is 1. The Kier molecular flexibility index (Phi) is 4.64. The average molecular weight is 294 g/mol. The van der Waals surface area contributed by atoms with Crippen LogP contribution >= 0.6 is 0 Å². The molecule has 1 amide bonds. The highest BCUT2D eigenvalue weighted by Gasteiger charge is 2.31. The van der Waals surface area contributed by atoms with Gasteiger partial charge in [-0.15, -0.1) is 0 Å². The zero-order valence-corrected chi connectivity index (χ0v) is 11.7. The molecule has 7 nitrogen and oxygen atoms in total. The molecule has 1 atom stereocenters. The number of carboxylic acids is 1. The van der Waals surface area contributed by atoms with Crippen molar-refractivity contribution in [2.45, 2.75) is 19.0 Å². The predicted molar refractivity (Wildman–Crippen MR) is 74.1 cm³/mol. The molecule has 3 N–H and O–H groups in total. The number of hydrogen-bond acceptors (Lipinski definition) is 5. The summed E-state index contributed by atoms with van der Waals surface area (Å²) < 4.78 is 5.05. The number of methoxy groups -OCH3 is 1. The van der Waals surface area contributed by atoms with E-state index in [2.05, 4.69) is 5.32 Å². The molecule has 1 heterocycles. The molecule has 0 spiro atoms. The zero-order chi connectivity index (χ0) is 15.4. The molecule has 2 rings (SSSR count). The van der Waals surface area contributed by atoms with Gasteiger partial charge in [-0.05, 0) is 17.7 Å². The van der Waals surface area contributed by atoms with Gasteiger partial charge in [0.15, 0.2) is 11.5 Å². The molecule has 1 aliphatic rings. The van der Waals surface area contributed by atoms with Crippen LogP contribution in [0.3, 0.4) is 0 Å². The number of piperazine rings is 1. The van der Waals surface area contributed by atoms with Crippen LogP contribution < -0.4 is 10.1 Å². The highest BCUT2D eigenvalue weighted by molar-refractivity contribution is 5.86. The largest absolute Gasteiger partial charge is 0.504 e. The molecular formula is C14H18N2O5. The van der Waals surface area contributed by atoms with Crippen LogP contribution in [0.15, 0.2) is 18.2 Å². The van der Waals surface area contributed by atoms with Gasteiger partial charge in [0.2, 0.25) is 5.91 Å². The molecule has 1 unspecified atom stereocenters. The maximum Gasteiger partial charge on any atom is 0.305 e. The maximum atomic E-state index is 11.8. The number of phenolic OH excluding ortho intramolecular Hbond substituents is 1. The third kappa shape index (κ3) is 3.63. The fourth-order valence-electron chi connectivity index (χ4n) is 2.39. The minimum atomic E-state index is -1.01. The molecule has 1 aromatic rings. The third-order valence-corrected chi connectivity index (χ3v) is 3.44. The molecule has 1 aliphatic heterocycles. The van der Waals surface area contributed by atoms with E-state index in [1.54, 1.807) is 12.1 Å². The second-order valence-electron chi connectivity index (χ2n) is 4.88. The Labute approximate surface area is 122 Å². The lowest BCUT2D eigenvalue weighted by atomic mass is 10.1. The van der Waals surface area contributed by atoms with Gasteiger partial charge in [-0.25, -0.2) is 0 Å². The Bertz CT molecular complexity index is 546. The van der Waals surface area contributed by atoms with E-state index in [4.69, 9.17) is 9.84 Å². The second kappa shape index (κ2) is 6.45. The molecule has 7 heteroatoms. The molecule has 21 heavy (non-hydrogen) atoms. The van der Waals surface area contributed by atoms with E-state index in [1.165, 1.54) is 13.2 Å². The first-order valence-corrected chi connectivity index (χ1v) is 6.60. The molecule has 1 saturated heterocycles. The quantitative estimate of drug-likeness (QED) is 0.716. The van der Waals surface area contributed by atoms with E-state index in [1.807, 2.05) is 4.90 Å². The summed E-state index contributed by atoms with van der Waals surface area (Å²) in [7, 11) is 1.46. The van der Waals surface area contributed by atoms with Crippen molar-refractivity contribution in [3.05, 3.63) is 23.8 Å². The van der Waals surface area contributed by atoms with Gasteiger partial charge in [-0.1, -0.05) is 6.07 Å². The Morgan fingerprint density at radius 1 is 1.52 bits per heavy atom. The highest BCUT2D eigenvalue weighted by Crippen LogP contribution is 2.27. The van der Waals surface area contributed by atoms with Crippen LogP contribution in [0.2, 0.25) is 0 Å².